The number of hydrogen-bond donors (Lipinski definition) is 2. The number of phenols is 1. The Bertz CT molecular complexity index is 588. The summed E-state index contributed by atoms with van der Waals surface area (Å²) in [6, 6.07) is 4.35. The smallest absolute Gasteiger partial charge is 0.434 e. The first-order valence-corrected chi connectivity index (χ1v) is 6.35. The number of amides is 1. The minimum atomic E-state index is -0.786. The van der Waals surface area contributed by atoms with Crippen molar-refractivity contribution in [2.75, 3.05) is 13.4 Å². The molecule has 1 aromatic rings. The SMILES string of the molecule is C#Cc1cc(O)cc(C(=N)C(=NC(=O)OC)SC)c1. The Kier molecular flexibility index (Phi) is 5.15. The van der Waals surface area contributed by atoms with Gasteiger partial charge in [-0.1, -0.05) is 5.92 Å². The third-order valence-electron chi connectivity index (χ3n) is 2.15. The molecule has 6 heteroatoms. The predicted octanol–water partition coefficient (Wildman–Crippen LogP) is 2.27. The van der Waals surface area contributed by atoms with Gasteiger partial charge in [0.25, 0.3) is 0 Å². The van der Waals surface area contributed by atoms with Gasteiger partial charge >= 0.3 is 6.09 Å². The molecule has 0 fully saturated rings. The molecule has 0 aromatic heterocycles. The van der Waals surface area contributed by atoms with Crippen molar-refractivity contribution in [3.8, 4) is 18.1 Å². The molecule has 1 amide bonds. The van der Waals surface area contributed by atoms with Gasteiger partial charge in [-0.05, 0) is 24.5 Å². The number of benzene rings is 1. The van der Waals surface area contributed by atoms with Gasteiger partial charge in [0.2, 0.25) is 0 Å². The van der Waals surface area contributed by atoms with E-state index in [0.29, 0.717) is 11.1 Å². The Hall–Kier alpha value is -2.26. The first-order valence-electron chi connectivity index (χ1n) is 5.12. The molecule has 0 heterocycles. The highest BCUT2D eigenvalue weighted by atomic mass is 32.2. The lowest BCUT2D eigenvalue weighted by Crippen LogP contribution is -2.13. The van der Waals surface area contributed by atoms with Crippen molar-refractivity contribution in [3.05, 3.63) is 29.3 Å². The fourth-order valence-corrected chi connectivity index (χ4v) is 1.78. The summed E-state index contributed by atoms with van der Waals surface area (Å²) in [6.45, 7) is 0. The van der Waals surface area contributed by atoms with E-state index < -0.39 is 6.09 Å². The third kappa shape index (κ3) is 3.86. The van der Waals surface area contributed by atoms with Crippen LogP contribution in [0.2, 0.25) is 0 Å². The maximum atomic E-state index is 11.1. The molecule has 0 aliphatic rings. The summed E-state index contributed by atoms with van der Waals surface area (Å²) in [7, 11) is 1.21. The lowest BCUT2D eigenvalue weighted by atomic mass is 10.1. The van der Waals surface area contributed by atoms with Gasteiger partial charge in [0.15, 0.2) is 0 Å². The molecule has 0 saturated heterocycles. The number of carbonyl (C=O) groups is 1. The van der Waals surface area contributed by atoms with Crippen molar-refractivity contribution in [3.63, 3.8) is 0 Å². The fraction of sp³-hybridized carbons (Fsp3) is 0.154. The standard InChI is InChI=1S/C13H12N2O3S/c1-4-8-5-9(7-10(16)6-8)11(14)12(19-3)15-13(17)18-2/h1,5-7,14,16H,2-3H3. The van der Waals surface area contributed by atoms with E-state index in [4.69, 9.17) is 11.8 Å². The Morgan fingerprint density at radius 2 is 2.21 bits per heavy atom. The minimum absolute atomic E-state index is 0.00898. The highest BCUT2D eigenvalue weighted by molar-refractivity contribution is 8.15. The number of ether oxygens (including phenoxy) is 1. The fourth-order valence-electron chi connectivity index (χ4n) is 1.29. The molecule has 0 aliphatic carbocycles. The van der Waals surface area contributed by atoms with Crippen LogP contribution in [0.15, 0.2) is 23.2 Å². The van der Waals surface area contributed by atoms with Crippen molar-refractivity contribution < 1.29 is 14.6 Å². The Morgan fingerprint density at radius 1 is 1.53 bits per heavy atom. The van der Waals surface area contributed by atoms with Crippen LogP contribution in [0.5, 0.6) is 5.75 Å². The number of thioether (sulfide) groups is 1. The van der Waals surface area contributed by atoms with Crippen molar-refractivity contribution in [1.82, 2.24) is 0 Å². The Labute approximate surface area is 115 Å². The van der Waals surface area contributed by atoms with E-state index in [1.807, 2.05) is 0 Å². The molecule has 5 nitrogen and oxygen atoms in total. The number of nitrogens with zero attached hydrogens (tertiary/aromatic N) is 1. The van der Waals surface area contributed by atoms with Crippen LogP contribution < -0.4 is 0 Å². The van der Waals surface area contributed by atoms with Gasteiger partial charge in [-0.15, -0.1) is 18.2 Å². The normalized spacial score (nSPS) is 10.7. The van der Waals surface area contributed by atoms with Crippen LogP contribution in [-0.2, 0) is 4.74 Å². The quantitative estimate of drug-likeness (QED) is 0.493. The molecule has 0 unspecified atom stereocenters. The number of rotatable bonds is 2. The average Bonchev–Trinajstić information content (AvgIpc) is 2.42. The summed E-state index contributed by atoms with van der Waals surface area (Å²) < 4.78 is 4.42. The average molecular weight is 276 g/mol. The molecule has 0 bridgehead atoms. The molecular formula is C13H12N2O3S. The van der Waals surface area contributed by atoms with Gasteiger partial charge in [0, 0.05) is 11.1 Å². The second kappa shape index (κ2) is 6.61. The Balaban J connectivity index is 3.18. The van der Waals surface area contributed by atoms with Gasteiger partial charge in [0.05, 0.1) is 12.8 Å². The number of aliphatic imine (C=N–C) groups is 1. The molecule has 0 saturated carbocycles. The maximum absolute atomic E-state index is 11.1. The zero-order valence-corrected chi connectivity index (χ0v) is 11.2. The van der Waals surface area contributed by atoms with Crippen molar-refractivity contribution in [2.45, 2.75) is 0 Å². The van der Waals surface area contributed by atoms with Crippen LogP contribution in [0, 0.1) is 17.8 Å². The highest BCUT2D eigenvalue weighted by Gasteiger charge is 2.13. The summed E-state index contributed by atoms with van der Waals surface area (Å²) in [5.41, 5.74) is 0.813. The number of carbonyl (C=O) groups excluding carboxylic acids is 1. The molecule has 1 rings (SSSR count). The number of terminal acetylenes is 1. The molecular weight excluding hydrogens is 264 g/mol. The molecule has 0 spiro atoms. The first-order chi connectivity index (χ1) is 9.01. The number of hydrogen-bond acceptors (Lipinski definition) is 5. The zero-order chi connectivity index (χ0) is 14.4. The van der Waals surface area contributed by atoms with Crippen LogP contribution in [0.1, 0.15) is 11.1 Å². The molecule has 2 N–H and O–H groups in total. The lowest BCUT2D eigenvalue weighted by molar-refractivity contribution is 0.183. The van der Waals surface area contributed by atoms with Gasteiger partial charge in [-0.2, -0.15) is 4.99 Å². The highest BCUT2D eigenvalue weighted by Crippen LogP contribution is 2.18. The molecule has 0 radical (unpaired) electrons. The summed E-state index contributed by atoms with van der Waals surface area (Å²) in [5, 5.41) is 17.7. The zero-order valence-electron chi connectivity index (χ0n) is 10.4. The molecule has 1 aromatic carbocycles. The Morgan fingerprint density at radius 3 is 2.74 bits per heavy atom. The summed E-state index contributed by atoms with van der Waals surface area (Å²) in [4.78, 5) is 14.7. The van der Waals surface area contributed by atoms with E-state index in [-0.39, 0.29) is 16.5 Å². The van der Waals surface area contributed by atoms with Gasteiger partial charge in [0.1, 0.15) is 10.8 Å². The van der Waals surface area contributed by atoms with Crippen LogP contribution in [-0.4, -0.2) is 35.3 Å². The van der Waals surface area contributed by atoms with Crippen molar-refractivity contribution in [2.24, 2.45) is 4.99 Å². The second-order valence-electron chi connectivity index (χ2n) is 3.38. The van der Waals surface area contributed by atoms with Gasteiger partial charge in [-0.3, -0.25) is 5.41 Å². The summed E-state index contributed by atoms with van der Waals surface area (Å²) in [5.74, 6) is 2.33. The number of aromatic hydroxyl groups is 1. The van der Waals surface area contributed by atoms with Crippen LogP contribution >= 0.6 is 11.8 Å². The topological polar surface area (TPSA) is 82.7 Å². The van der Waals surface area contributed by atoms with E-state index >= 15 is 0 Å². The molecule has 19 heavy (non-hydrogen) atoms. The maximum Gasteiger partial charge on any atom is 0.434 e. The van der Waals surface area contributed by atoms with E-state index in [2.05, 4.69) is 15.6 Å². The summed E-state index contributed by atoms with van der Waals surface area (Å²) >= 11 is 1.13. The lowest BCUT2D eigenvalue weighted by Gasteiger charge is -2.06. The van der Waals surface area contributed by atoms with E-state index in [1.54, 1.807) is 12.3 Å². The summed E-state index contributed by atoms with van der Waals surface area (Å²) in [6.07, 6.45) is 6.15. The van der Waals surface area contributed by atoms with Gasteiger partial charge < -0.3 is 9.84 Å². The van der Waals surface area contributed by atoms with E-state index in [0.717, 1.165) is 11.8 Å². The second-order valence-corrected chi connectivity index (χ2v) is 4.17. The van der Waals surface area contributed by atoms with Crippen LogP contribution in [0.3, 0.4) is 0 Å². The molecule has 0 aliphatic heterocycles. The largest absolute Gasteiger partial charge is 0.508 e. The molecule has 0 atom stereocenters. The minimum Gasteiger partial charge on any atom is -0.508 e. The number of phenolic OH excluding ortho intramolecular Hbond substituents is 1. The number of nitrogens with one attached hydrogen (secondary N) is 1. The van der Waals surface area contributed by atoms with Crippen molar-refractivity contribution in [1.29, 1.82) is 5.41 Å². The van der Waals surface area contributed by atoms with Crippen LogP contribution in [0.4, 0.5) is 4.79 Å². The van der Waals surface area contributed by atoms with Crippen molar-refractivity contribution >= 4 is 28.6 Å². The first kappa shape index (κ1) is 14.8. The predicted molar refractivity (Wildman–Crippen MR) is 76.2 cm³/mol. The van der Waals surface area contributed by atoms with E-state index in [9.17, 15) is 9.90 Å². The third-order valence-corrected chi connectivity index (χ3v) is 2.83. The van der Waals surface area contributed by atoms with Gasteiger partial charge in [-0.25, -0.2) is 4.79 Å². The van der Waals surface area contributed by atoms with E-state index in [1.165, 1.54) is 19.2 Å². The monoisotopic (exact) mass is 276 g/mol. The van der Waals surface area contributed by atoms with Crippen LogP contribution in [0.25, 0.3) is 0 Å². The molecule has 98 valence electrons. The number of methoxy groups -OCH3 is 1.